The fourth-order valence-electron chi connectivity index (χ4n) is 1.95. The van der Waals surface area contributed by atoms with Crippen LogP contribution in [0.5, 0.6) is 0 Å². The zero-order valence-corrected chi connectivity index (χ0v) is 10.3. The third kappa shape index (κ3) is 7.97. The fraction of sp³-hybridized carbons (Fsp3) is 0.818. The van der Waals surface area contributed by atoms with E-state index in [1.807, 2.05) is 13.8 Å². The molecule has 88 valence electrons. The van der Waals surface area contributed by atoms with Crippen LogP contribution in [-0.2, 0) is 9.59 Å². The van der Waals surface area contributed by atoms with Gasteiger partial charge in [0.15, 0.2) is 0 Å². The van der Waals surface area contributed by atoms with Crippen LogP contribution in [0.1, 0.15) is 47.5 Å². The molecule has 0 spiro atoms. The van der Waals surface area contributed by atoms with Gasteiger partial charge in [-0.2, -0.15) is 0 Å². The molecule has 0 aliphatic carbocycles. The Morgan fingerprint density at radius 3 is 1.93 bits per heavy atom. The molecule has 4 heteroatoms. The van der Waals surface area contributed by atoms with Crippen molar-refractivity contribution in [1.29, 1.82) is 0 Å². The number of hydrogen-bond acceptors (Lipinski definition) is 2. The van der Waals surface area contributed by atoms with Crippen molar-refractivity contribution < 1.29 is 9.59 Å². The molecule has 0 atom stereocenters. The fourth-order valence-corrected chi connectivity index (χ4v) is 1.95. The molecule has 0 fully saturated rings. The molecule has 0 aromatic rings. The lowest BCUT2D eigenvalue weighted by Crippen LogP contribution is -2.46. The highest BCUT2D eigenvalue weighted by molar-refractivity contribution is 5.96. The minimum Gasteiger partial charge on any atom is -0.369 e. The van der Waals surface area contributed by atoms with Crippen LogP contribution in [0, 0.1) is 5.41 Å². The molecule has 0 heterocycles. The summed E-state index contributed by atoms with van der Waals surface area (Å²) in [7, 11) is 0. The number of nitrogens with one attached hydrogen (secondary N) is 1. The molecular weight excluding hydrogens is 192 g/mol. The normalized spacial score (nSPS) is 12.3. The molecule has 0 saturated carbocycles. The van der Waals surface area contributed by atoms with Gasteiger partial charge in [-0.3, -0.25) is 9.59 Å². The molecule has 0 aromatic heterocycles. The van der Waals surface area contributed by atoms with E-state index in [0.29, 0.717) is 0 Å². The Balaban J connectivity index is 4.25. The molecule has 3 N–H and O–H groups in total. The number of rotatable bonds is 4. The van der Waals surface area contributed by atoms with Crippen molar-refractivity contribution in [2.75, 3.05) is 0 Å². The van der Waals surface area contributed by atoms with Crippen LogP contribution in [0.4, 0.5) is 0 Å². The van der Waals surface area contributed by atoms with Crippen LogP contribution in [0.25, 0.3) is 0 Å². The Labute approximate surface area is 91.6 Å². The van der Waals surface area contributed by atoms with Gasteiger partial charge in [0.2, 0.25) is 11.8 Å². The largest absolute Gasteiger partial charge is 0.369 e. The molecule has 2 amide bonds. The summed E-state index contributed by atoms with van der Waals surface area (Å²) >= 11 is 0. The van der Waals surface area contributed by atoms with Crippen LogP contribution in [-0.4, -0.2) is 17.4 Å². The van der Waals surface area contributed by atoms with E-state index in [0.717, 1.165) is 6.42 Å². The number of amides is 2. The lowest BCUT2D eigenvalue weighted by atomic mass is 9.82. The van der Waals surface area contributed by atoms with Crippen LogP contribution in [0.15, 0.2) is 0 Å². The summed E-state index contributed by atoms with van der Waals surface area (Å²) in [5, 5.41) is 2.80. The Kier molecular flexibility index (Phi) is 4.31. The predicted molar refractivity (Wildman–Crippen MR) is 60.1 cm³/mol. The van der Waals surface area contributed by atoms with Crippen LogP contribution >= 0.6 is 0 Å². The van der Waals surface area contributed by atoms with Gasteiger partial charge in [-0.1, -0.05) is 20.8 Å². The average Bonchev–Trinajstić information content (AvgIpc) is 1.73. The first-order chi connectivity index (χ1) is 6.52. The molecule has 0 rings (SSSR count). The van der Waals surface area contributed by atoms with Crippen molar-refractivity contribution in [3.8, 4) is 0 Å². The lowest BCUT2D eigenvalue weighted by molar-refractivity contribution is -0.128. The van der Waals surface area contributed by atoms with E-state index in [2.05, 4.69) is 26.1 Å². The second-order valence-corrected chi connectivity index (χ2v) is 5.81. The Bertz CT molecular complexity index is 252. The lowest BCUT2D eigenvalue weighted by Gasteiger charge is -2.33. The number of primary amides is 1. The molecule has 0 aliphatic heterocycles. The van der Waals surface area contributed by atoms with E-state index in [1.165, 1.54) is 0 Å². The number of nitrogens with two attached hydrogens (primary N) is 1. The Morgan fingerprint density at radius 1 is 1.13 bits per heavy atom. The summed E-state index contributed by atoms with van der Waals surface area (Å²) < 4.78 is 0. The minimum atomic E-state index is -0.598. The van der Waals surface area contributed by atoms with Gasteiger partial charge in [0.25, 0.3) is 0 Å². The predicted octanol–water partition coefficient (Wildman–Crippen LogP) is 1.19. The summed E-state index contributed by atoms with van der Waals surface area (Å²) in [4.78, 5) is 21.9. The highest BCUT2D eigenvalue weighted by Crippen LogP contribution is 2.26. The third-order valence-electron chi connectivity index (χ3n) is 1.78. The quantitative estimate of drug-likeness (QED) is 0.690. The van der Waals surface area contributed by atoms with Gasteiger partial charge < -0.3 is 11.1 Å². The molecule has 0 saturated heterocycles. The van der Waals surface area contributed by atoms with Gasteiger partial charge in [-0.05, 0) is 25.7 Å². The van der Waals surface area contributed by atoms with E-state index >= 15 is 0 Å². The highest BCUT2D eigenvalue weighted by Gasteiger charge is 2.27. The summed E-state index contributed by atoms with van der Waals surface area (Å²) in [5.74, 6) is -0.907. The topological polar surface area (TPSA) is 72.2 Å². The molecule has 0 bridgehead atoms. The van der Waals surface area contributed by atoms with Gasteiger partial charge in [-0.15, -0.1) is 0 Å². The molecule has 15 heavy (non-hydrogen) atoms. The summed E-state index contributed by atoms with van der Waals surface area (Å²) in [6.45, 7) is 10.2. The maximum absolute atomic E-state index is 11.3. The molecule has 0 aromatic carbocycles. The third-order valence-corrected chi connectivity index (χ3v) is 1.78. The summed E-state index contributed by atoms with van der Waals surface area (Å²) in [5.41, 5.74) is 4.75. The zero-order chi connectivity index (χ0) is 12.3. The van der Waals surface area contributed by atoms with Gasteiger partial charge in [0.05, 0.1) is 0 Å². The van der Waals surface area contributed by atoms with Gasteiger partial charge in [0, 0.05) is 5.54 Å². The second-order valence-electron chi connectivity index (χ2n) is 5.81. The van der Waals surface area contributed by atoms with E-state index in [9.17, 15) is 9.59 Å². The van der Waals surface area contributed by atoms with Crippen molar-refractivity contribution in [3.05, 3.63) is 0 Å². The van der Waals surface area contributed by atoms with Crippen molar-refractivity contribution in [2.45, 2.75) is 53.0 Å². The maximum atomic E-state index is 11.3. The maximum Gasteiger partial charge on any atom is 0.229 e. The molecular formula is C11H22N2O2. The first-order valence-electron chi connectivity index (χ1n) is 5.11. The SMILES string of the molecule is CC(C)(C)CC(C)(C)NC(=O)CC(N)=O. The van der Waals surface area contributed by atoms with Crippen molar-refractivity contribution in [1.82, 2.24) is 5.32 Å². The zero-order valence-electron chi connectivity index (χ0n) is 10.3. The highest BCUT2D eigenvalue weighted by atomic mass is 16.2. The minimum absolute atomic E-state index is 0.128. The molecule has 0 unspecified atom stereocenters. The van der Waals surface area contributed by atoms with Crippen LogP contribution < -0.4 is 11.1 Å². The van der Waals surface area contributed by atoms with Gasteiger partial charge in [-0.25, -0.2) is 0 Å². The van der Waals surface area contributed by atoms with Crippen LogP contribution in [0.2, 0.25) is 0 Å². The Morgan fingerprint density at radius 2 is 1.60 bits per heavy atom. The van der Waals surface area contributed by atoms with E-state index in [1.54, 1.807) is 0 Å². The first-order valence-corrected chi connectivity index (χ1v) is 5.11. The summed E-state index contributed by atoms with van der Waals surface area (Å²) in [6, 6.07) is 0. The van der Waals surface area contributed by atoms with Crippen molar-refractivity contribution >= 4 is 11.8 Å². The average molecular weight is 214 g/mol. The van der Waals surface area contributed by atoms with Crippen LogP contribution in [0.3, 0.4) is 0 Å². The second kappa shape index (κ2) is 4.64. The number of carbonyl (C=O) groups excluding carboxylic acids is 2. The summed E-state index contributed by atoms with van der Waals surface area (Å²) in [6.07, 6.45) is 0.595. The van der Waals surface area contributed by atoms with Crippen molar-refractivity contribution in [2.24, 2.45) is 11.1 Å². The molecule has 0 aliphatic rings. The number of carbonyl (C=O) groups is 2. The van der Waals surface area contributed by atoms with Gasteiger partial charge in [0.1, 0.15) is 6.42 Å². The van der Waals surface area contributed by atoms with E-state index < -0.39 is 5.91 Å². The standard InChI is InChI=1S/C11H22N2O2/c1-10(2,3)7-11(4,5)13-9(15)6-8(12)14/h6-7H2,1-5H3,(H2,12,14)(H,13,15). The van der Waals surface area contributed by atoms with E-state index in [-0.39, 0.29) is 23.3 Å². The first kappa shape index (κ1) is 13.9. The van der Waals surface area contributed by atoms with E-state index in [4.69, 9.17) is 5.73 Å². The number of hydrogen-bond donors (Lipinski definition) is 2. The monoisotopic (exact) mass is 214 g/mol. The smallest absolute Gasteiger partial charge is 0.229 e. The Hall–Kier alpha value is -1.06. The molecule has 4 nitrogen and oxygen atoms in total. The molecule has 0 radical (unpaired) electrons. The van der Waals surface area contributed by atoms with Crippen molar-refractivity contribution in [3.63, 3.8) is 0 Å². The van der Waals surface area contributed by atoms with Gasteiger partial charge >= 0.3 is 0 Å².